The third-order valence-electron chi connectivity index (χ3n) is 10.8. The average molecular weight is 771 g/mol. The lowest BCUT2D eigenvalue weighted by atomic mass is 9.99. The molecule has 16 heteroatoms. The highest BCUT2D eigenvalue weighted by Crippen LogP contribution is 2.27. The van der Waals surface area contributed by atoms with Crippen molar-refractivity contribution in [3.05, 3.63) is 47.5 Å². The maximum Gasteiger partial charge on any atom is 0.329 e. The number of rotatable bonds is 9. The van der Waals surface area contributed by atoms with Crippen molar-refractivity contribution in [2.45, 2.75) is 134 Å². The molecule has 0 saturated carbocycles. The molecule has 6 amide bonds. The summed E-state index contributed by atoms with van der Waals surface area (Å²) in [7, 11) is 0. The zero-order valence-corrected chi connectivity index (χ0v) is 31.7. The number of piperidine rings is 1. The number of amides is 6. The highest BCUT2D eigenvalue weighted by molar-refractivity contribution is 5.98. The number of allylic oxidation sites excluding steroid dienone is 1. The topological polar surface area (TPSA) is 175 Å². The van der Waals surface area contributed by atoms with Crippen LogP contribution in [0, 0.1) is 11.6 Å². The van der Waals surface area contributed by atoms with E-state index in [4.69, 9.17) is 4.74 Å². The van der Waals surface area contributed by atoms with E-state index in [1.54, 1.807) is 6.08 Å². The molecule has 4 aliphatic rings. The summed E-state index contributed by atoms with van der Waals surface area (Å²) < 4.78 is 34.3. The second-order valence-electron chi connectivity index (χ2n) is 14.9. The van der Waals surface area contributed by atoms with E-state index < -0.39 is 95.4 Å². The maximum atomic E-state index is 14.6. The Bertz CT molecular complexity index is 1650. The van der Waals surface area contributed by atoms with Gasteiger partial charge in [-0.2, -0.15) is 0 Å². The van der Waals surface area contributed by atoms with E-state index in [0.717, 1.165) is 25.0 Å². The van der Waals surface area contributed by atoms with Crippen LogP contribution in [0.25, 0.3) is 0 Å². The van der Waals surface area contributed by atoms with Crippen molar-refractivity contribution in [3.8, 4) is 0 Å². The summed E-state index contributed by atoms with van der Waals surface area (Å²) in [6.45, 7) is 5.57. The Morgan fingerprint density at radius 3 is 2.16 bits per heavy atom. The number of carbonyl (C=O) groups excluding carboxylic acids is 7. The number of esters is 1. The highest BCUT2D eigenvalue weighted by atomic mass is 19.1. The van der Waals surface area contributed by atoms with E-state index in [9.17, 15) is 42.3 Å². The minimum Gasteiger partial charge on any atom is -0.458 e. The zero-order chi connectivity index (χ0) is 39.8. The number of nitrogens with one attached hydrogen (secondary N) is 3. The summed E-state index contributed by atoms with van der Waals surface area (Å²) in [5.74, 6) is -6.33. The fraction of sp³-hybridized carbons (Fsp3) is 0.615. The second kappa shape index (κ2) is 18.6. The maximum absolute atomic E-state index is 14.6. The van der Waals surface area contributed by atoms with E-state index in [-0.39, 0.29) is 44.5 Å². The van der Waals surface area contributed by atoms with Crippen LogP contribution in [0.1, 0.15) is 90.5 Å². The van der Waals surface area contributed by atoms with Gasteiger partial charge in [0.1, 0.15) is 54.0 Å². The number of benzene rings is 1. The number of hydrogen-bond donors (Lipinski definition) is 3. The minimum absolute atomic E-state index is 0.0576. The number of cyclic esters (lactones) is 1. The van der Waals surface area contributed by atoms with Crippen LogP contribution in [0.4, 0.5) is 8.78 Å². The molecule has 4 aliphatic heterocycles. The van der Waals surface area contributed by atoms with Crippen molar-refractivity contribution >= 4 is 41.4 Å². The Morgan fingerprint density at radius 1 is 0.855 bits per heavy atom. The van der Waals surface area contributed by atoms with Gasteiger partial charge in [-0.1, -0.05) is 25.8 Å². The first-order valence-electron chi connectivity index (χ1n) is 19.4. The normalized spacial score (nSPS) is 27.3. The Balaban J connectivity index is 1.49. The number of nitrogens with zero attached hydrogens (tertiary/aromatic N) is 3. The van der Waals surface area contributed by atoms with Gasteiger partial charge in [-0.3, -0.25) is 28.8 Å². The van der Waals surface area contributed by atoms with E-state index in [1.807, 2.05) is 6.92 Å². The molecule has 4 saturated heterocycles. The SMILES string of the molecule is CCCC/C=C/C(=O)NC(Cc1cc(F)cc(F)c1)C(=O)NC1C(=O)N2CCC[C@H]2C(=O)N2CCCC[C@H]2C(=O)N[C@@H](C)C(=O)N2CCC[C@H]2C(=O)O[C@H]1C. The monoisotopic (exact) mass is 770 g/mol. The smallest absolute Gasteiger partial charge is 0.329 e. The molecule has 1 aromatic carbocycles. The lowest BCUT2D eigenvalue weighted by molar-refractivity contribution is -0.163. The molecule has 300 valence electrons. The predicted octanol–water partition coefficient (Wildman–Crippen LogP) is 2.04. The van der Waals surface area contributed by atoms with Gasteiger partial charge in [-0.25, -0.2) is 13.6 Å². The molecule has 7 atom stereocenters. The molecule has 5 rings (SSSR count). The van der Waals surface area contributed by atoms with Gasteiger partial charge in [0.15, 0.2) is 0 Å². The average Bonchev–Trinajstić information content (AvgIpc) is 3.85. The lowest BCUT2D eigenvalue weighted by Crippen LogP contribution is -2.63. The zero-order valence-electron chi connectivity index (χ0n) is 31.7. The first kappa shape index (κ1) is 41.3. The van der Waals surface area contributed by atoms with Gasteiger partial charge in [0.05, 0.1) is 0 Å². The van der Waals surface area contributed by atoms with Gasteiger partial charge < -0.3 is 35.4 Å². The van der Waals surface area contributed by atoms with Crippen molar-refractivity contribution in [1.82, 2.24) is 30.7 Å². The summed E-state index contributed by atoms with van der Waals surface area (Å²) >= 11 is 0. The quantitative estimate of drug-likeness (QED) is 0.194. The first-order chi connectivity index (χ1) is 26.3. The number of ether oxygens (including phenoxy) is 1. The Kier molecular flexibility index (Phi) is 14.0. The summed E-state index contributed by atoms with van der Waals surface area (Å²) in [6, 6.07) is -4.16. The number of hydrogen-bond acceptors (Lipinski definition) is 8. The molecule has 2 unspecified atom stereocenters. The summed E-state index contributed by atoms with van der Waals surface area (Å²) in [5.41, 5.74) is 0.0576. The molecule has 0 bridgehead atoms. The van der Waals surface area contributed by atoms with Gasteiger partial charge in [0, 0.05) is 32.1 Å². The standard InChI is InChI=1S/C39H52F2N6O8/c1-4-5-6-7-15-32(48)43-28(21-25-19-26(40)22-27(41)20-25)34(49)44-33-24(3)55-39(54)31-14-11-18-47(31)36(51)23(2)42-35(50)29-12-8-9-16-45(29)37(52)30-13-10-17-46(30)38(33)53/h7,15,19-20,22-24,28-31,33H,4-6,8-14,16-18,21H2,1-3H3,(H,42,50)(H,43,48)(H,44,49)/b15-7+/t23-,24-,28?,29-,30-,31-,33?/m0/s1. The van der Waals surface area contributed by atoms with Crippen LogP contribution in [0.3, 0.4) is 0 Å². The summed E-state index contributed by atoms with van der Waals surface area (Å²) in [5, 5.41) is 7.96. The molecule has 4 heterocycles. The molecule has 4 fully saturated rings. The van der Waals surface area contributed by atoms with Crippen LogP contribution in [-0.2, 0) is 44.7 Å². The van der Waals surface area contributed by atoms with Crippen LogP contribution in [0.2, 0.25) is 0 Å². The van der Waals surface area contributed by atoms with Gasteiger partial charge >= 0.3 is 5.97 Å². The van der Waals surface area contributed by atoms with Crippen molar-refractivity contribution in [2.24, 2.45) is 0 Å². The third-order valence-corrected chi connectivity index (χ3v) is 10.8. The molecule has 1 aromatic rings. The summed E-state index contributed by atoms with van der Waals surface area (Å²) in [4.78, 5) is 101. The van der Waals surface area contributed by atoms with E-state index in [1.165, 1.54) is 34.6 Å². The van der Waals surface area contributed by atoms with Crippen LogP contribution < -0.4 is 16.0 Å². The minimum atomic E-state index is -1.58. The van der Waals surface area contributed by atoms with Gasteiger partial charge in [0.25, 0.3) is 0 Å². The van der Waals surface area contributed by atoms with Crippen LogP contribution in [0.15, 0.2) is 30.4 Å². The van der Waals surface area contributed by atoms with Crippen LogP contribution in [0.5, 0.6) is 0 Å². The predicted molar refractivity (Wildman–Crippen MR) is 195 cm³/mol. The molecule has 0 spiro atoms. The van der Waals surface area contributed by atoms with Crippen LogP contribution in [-0.4, -0.2) is 118 Å². The first-order valence-corrected chi connectivity index (χ1v) is 19.4. The number of fused-ring (bicyclic) bond motifs is 3. The van der Waals surface area contributed by atoms with Crippen LogP contribution >= 0.6 is 0 Å². The number of carbonyl (C=O) groups is 7. The molecule has 0 aromatic heterocycles. The van der Waals surface area contributed by atoms with Crippen molar-refractivity contribution in [1.29, 1.82) is 0 Å². The fourth-order valence-corrected chi connectivity index (χ4v) is 7.89. The Hall–Kier alpha value is -4.89. The fourth-order valence-electron chi connectivity index (χ4n) is 7.89. The molecule has 55 heavy (non-hydrogen) atoms. The van der Waals surface area contributed by atoms with Crippen molar-refractivity contribution in [2.75, 3.05) is 19.6 Å². The van der Waals surface area contributed by atoms with Gasteiger partial charge in [0.2, 0.25) is 35.4 Å². The molecule has 14 nitrogen and oxygen atoms in total. The van der Waals surface area contributed by atoms with E-state index in [2.05, 4.69) is 16.0 Å². The molecular formula is C39H52F2N6O8. The van der Waals surface area contributed by atoms with Gasteiger partial charge in [-0.05, 0) is 89.0 Å². The van der Waals surface area contributed by atoms with Crippen molar-refractivity contribution < 1.29 is 47.1 Å². The highest BCUT2D eigenvalue weighted by Gasteiger charge is 2.46. The number of unbranched alkanes of at least 4 members (excludes halogenated alkanes) is 2. The molecule has 3 N–H and O–H groups in total. The number of halogens is 2. The van der Waals surface area contributed by atoms with E-state index in [0.29, 0.717) is 44.6 Å². The van der Waals surface area contributed by atoms with Gasteiger partial charge in [-0.15, -0.1) is 0 Å². The Labute approximate surface area is 319 Å². The molecule has 0 aliphatic carbocycles. The van der Waals surface area contributed by atoms with Crippen molar-refractivity contribution in [3.63, 3.8) is 0 Å². The third kappa shape index (κ3) is 10.1. The lowest BCUT2D eigenvalue weighted by Gasteiger charge is -2.39. The largest absolute Gasteiger partial charge is 0.458 e. The van der Waals surface area contributed by atoms with E-state index >= 15 is 0 Å². The molecule has 0 radical (unpaired) electrons. The Morgan fingerprint density at radius 2 is 1.47 bits per heavy atom. The second-order valence-corrected chi connectivity index (χ2v) is 14.9. The molecular weight excluding hydrogens is 718 g/mol. The summed E-state index contributed by atoms with van der Waals surface area (Å²) in [6.07, 6.45) is 6.70.